The maximum Gasteiger partial charge on any atom is 0.240 e. The number of fused-ring (bicyclic) bond motifs is 9. The van der Waals surface area contributed by atoms with Crippen LogP contribution in [0.3, 0.4) is 0 Å². The fourth-order valence-electron chi connectivity index (χ4n) is 11.4. The van der Waals surface area contributed by atoms with E-state index in [9.17, 15) is 20.1 Å². The molecule has 6 aliphatic rings. The summed E-state index contributed by atoms with van der Waals surface area (Å²) in [4.78, 5) is 27.9. The van der Waals surface area contributed by atoms with Gasteiger partial charge in [0.1, 0.15) is 18.0 Å². The van der Waals surface area contributed by atoms with Crippen molar-refractivity contribution in [1.29, 1.82) is 10.5 Å². The molecule has 0 N–H and O–H groups in total. The average molecular weight is 491 g/mol. The van der Waals surface area contributed by atoms with Gasteiger partial charge in [-0.05, 0) is 78.9 Å². The van der Waals surface area contributed by atoms with E-state index in [0.29, 0.717) is 12.2 Å². The SMILES string of the molecule is CC1(C)CC[C@]2(C#N)CC[C@]3(C)C(C(=O)C[C@@H]4[C@@]5(C)[C@H]6O[C@@]6(C#N)C(=O)C(C)(C)[C@@H]5CC[C@]43C)C2C1. The van der Waals surface area contributed by atoms with Crippen LogP contribution in [-0.4, -0.2) is 23.3 Å². The fraction of sp³-hybridized carbons (Fsp3) is 0.871. The van der Waals surface area contributed by atoms with E-state index in [2.05, 4.69) is 46.8 Å². The molecule has 0 spiro atoms. The third-order valence-corrected chi connectivity index (χ3v) is 13.6. The van der Waals surface area contributed by atoms with Gasteiger partial charge in [-0.2, -0.15) is 10.5 Å². The highest BCUT2D eigenvalue weighted by Gasteiger charge is 2.83. The minimum atomic E-state index is -1.34. The van der Waals surface area contributed by atoms with Gasteiger partial charge in [0.15, 0.2) is 5.78 Å². The summed E-state index contributed by atoms with van der Waals surface area (Å²) in [5.41, 5.74) is -2.95. The van der Waals surface area contributed by atoms with Crippen LogP contribution in [-0.2, 0) is 14.3 Å². The van der Waals surface area contributed by atoms with Gasteiger partial charge in [0.05, 0.1) is 11.5 Å². The third-order valence-electron chi connectivity index (χ3n) is 13.6. The van der Waals surface area contributed by atoms with Crippen molar-refractivity contribution in [3.8, 4) is 12.1 Å². The van der Waals surface area contributed by atoms with Gasteiger partial charge >= 0.3 is 0 Å². The summed E-state index contributed by atoms with van der Waals surface area (Å²) in [6.07, 6.45) is 6.62. The Morgan fingerprint density at radius 1 is 0.833 bits per heavy atom. The highest BCUT2D eigenvalue weighted by atomic mass is 16.6. The van der Waals surface area contributed by atoms with Crippen LogP contribution in [0.2, 0.25) is 0 Å². The number of carbonyl (C=O) groups is 2. The van der Waals surface area contributed by atoms with Crippen LogP contribution in [0.25, 0.3) is 0 Å². The van der Waals surface area contributed by atoms with Crippen molar-refractivity contribution in [2.24, 2.45) is 56.2 Å². The first-order chi connectivity index (χ1) is 16.6. The van der Waals surface area contributed by atoms with E-state index in [0.717, 1.165) is 44.9 Å². The van der Waals surface area contributed by atoms with Crippen LogP contribution in [0, 0.1) is 78.8 Å². The van der Waals surface area contributed by atoms with Gasteiger partial charge in [-0.15, -0.1) is 0 Å². The Bertz CT molecular complexity index is 1160. The molecular weight excluding hydrogens is 448 g/mol. The molecule has 0 aromatic heterocycles. The molecule has 10 atom stereocenters. The van der Waals surface area contributed by atoms with Crippen molar-refractivity contribution in [3.63, 3.8) is 0 Å². The second kappa shape index (κ2) is 6.64. The van der Waals surface area contributed by atoms with E-state index in [1.807, 2.05) is 13.8 Å². The second-order valence-electron chi connectivity index (χ2n) is 15.6. The molecule has 5 heteroatoms. The summed E-state index contributed by atoms with van der Waals surface area (Å²) in [7, 11) is 0. The summed E-state index contributed by atoms with van der Waals surface area (Å²) in [6.45, 7) is 15.6. The van der Waals surface area contributed by atoms with Crippen LogP contribution < -0.4 is 0 Å². The number of rotatable bonds is 0. The lowest BCUT2D eigenvalue weighted by Crippen LogP contribution is -2.71. The molecular formula is C31H42N2O3. The number of ketones is 2. The molecule has 1 saturated heterocycles. The lowest BCUT2D eigenvalue weighted by Gasteiger charge is -2.71. The first-order valence-electron chi connectivity index (χ1n) is 14.2. The minimum Gasteiger partial charge on any atom is -0.343 e. The average Bonchev–Trinajstić information content (AvgIpc) is 3.56. The summed E-state index contributed by atoms with van der Waals surface area (Å²) in [5, 5.41) is 20.5. The zero-order valence-corrected chi connectivity index (χ0v) is 23.2. The molecule has 5 aliphatic carbocycles. The largest absolute Gasteiger partial charge is 0.343 e. The lowest BCUT2D eigenvalue weighted by atomic mass is 9.31. The predicted molar refractivity (Wildman–Crippen MR) is 134 cm³/mol. The van der Waals surface area contributed by atoms with Gasteiger partial charge < -0.3 is 4.74 Å². The van der Waals surface area contributed by atoms with Crippen molar-refractivity contribution in [2.45, 2.75) is 112 Å². The first kappa shape index (κ1) is 24.6. The molecule has 0 aromatic carbocycles. The Morgan fingerprint density at radius 2 is 1.50 bits per heavy atom. The van der Waals surface area contributed by atoms with Crippen LogP contribution in [0.15, 0.2) is 0 Å². The summed E-state index contributed by atoms with van der Waals surface area (Å²) < 4.78 is 6.11. The topological polar surface area (TPSA) is 94.2 Å². The number of carbonyl (C=O) groups excluding carboxylic acids is 2. The summed E-state index contributed by atoms with van der Waals surface area (Å²) >= 11 is 0. The van der Waals surface area contributed by atoms with Gasteiger partial charge in [-0.3, -0.25) is 9.59 Å². The Morgan fingerprint density at radius 3 is 2.14 bits per heavy atom. The number of ether oxygens (including phenoxy) is 1. The molecule has 1 heterocycles. The molecule has 1 aliphatic heterocycles. The quantitative estimate of drug-likeness (QED) is 0.387. The van der Waals surface area contributed by atoms with Gasteiger partial charge in [-0.1, -0.05) is 48.5 Å². The normalized spacial score (nSPS) is 56.0. The lowest BCUT2D eigenvalue weighted by molar-refractivity contribution is -0.229. The standard InChI is InChI=1S/C31H42N2O3/c1-25(2)10-12-30(16-32)13-11-28(6)22(18(30)15-25)19(34)14-21-27(28,5)9-8-20-26(3,4)23(35)31(17-33)24(36-31)29(20,21)7/h18,20-22,24H,8-15H2,1-7H3/t18?,20-,21-,22?,24+,27+,28+,29-,30+,31-/m0/s1. The predicted octanol–water partition coefficient (Wildman–Crippen LogP) is 6.02. The summed E-state index contributed by atoms with van der Waals surface area (Å²) in [6, 6.07) is 5.03. The number of nitriles is 2. The van der Waals surface area contributed by atoms with E-state index in [4.69, 9.17) is 4.74 Å². The van der Waals surface area contributed by atoms with Crippen molar-refractivity contribution < 1.29 is 14.3 Å². The number of hydrogen-bond acceptors (Lipinski definition) is 5. The van der Waals surface area contributed by atoms with Crippen molar-refractivity contribution in [1.82, 2.24) is 0 Å². The Balaban J connectivity index is 1.47. The van der Waals surface area contributed by atoms with Crippen LogP contribution in [0.4, 0.5) is 0 Å². The molecule has 6 rings (SSSR count). The van der Waals surface area contributed by atoms with E-state index < -0.39 is 22.5 Å². The molecule has 5 nitrogen and oxygen atoms in total. The minimum absolute atomic E-state index is 0.0660. The molecule has 0 amide bonds. The maximum absolute atomic E-state index is 14.4. The summed E-state index contributed by atoms with van der Waals surface area (Å²) in [5.74, 6) is 0.429. The molecule has 5 saturated carbocycles. The third kappa shape index (κ3) is 2.46. The van der Waals surface area contributed by atoms with Gasteiger partial charge in [0.2, 0.25) is 5.60 Å². The van der Waals surface area contributed by atoms with E-state index in [-0.39, 0.29) is 51.1 Å². The second-order valence-corrected chi connectivity index (χ2v) is 15.6. The Labute approximate surface area is 216 Å². The van der Waals surface area contributed by atoms with Gasteiger partial charge in [-0.25, -0.2) is 0 Å². The zero-order valence-electron chi connectivity index (χ0n) is 23.2. The number of Topliss-reactive ketones (excluding diaryl/α,β-unsaturated/α-hetero) is 2. The highest BCUT2D eigenvalue weighted by Crippen LogP contribution is 2.78. The number of epoxide rings is 1. The molecule has 2 unspecified atom stereocenters. The molecule has 0 aromatic rings. The van der Waals surface area contributed by atoms with E-state index in [1.165, 1.54) is 0 Å². The van der Waals surface area contributed by atoms with Crippen LogP contribution in [0.1, 0.15) is 99.8 Å². The van der Waals surface area contributed by atoms with Gasteiger partial charge in [0.25, 0.3) is 0 Å². The first-order valence-corrected chi connectivity index (χ1v) is 14.2. The molecule has 36 heavy (non-hydrogen) atoms. The Kier molecular flexibility index (Phi) is 4.54. The van der Waals surface area contributed by atoms with Crippen LogP contribution in [0.5, 0.6) is 0 Å². The van der Waals surface area contributed by atoms with E-state index >= 15 is 0 Å². The van der Waals surface area contributed by atoms with Crippen LogP contribution >= 0.6 is 0 Å². The fourth-order valence-corrected chi connectivity index (χ4v) is 11.4. The monoisotopic (exact) mass is 490 g/mol. The highest BCUT2D eigenvalue weighted by molar-refractivity contribution is 5.99. The molecule has 6 fully saturated rings. The smallest absolute Gasteiger partial charge is 0.240 e. The van der Waals surface area contributed by atoms with Crippen molar-refractivity contribution in [2.75, 3.05) is 0 Å². The van der Waals surface area contributed by atoms with E-state index in [1.54, 1.807) is 0 Å². The maximum atomic E-state index is 14.4. The number of hydrogen-bond donors (Lipinski definition) is 0. The number of nitrogens with zero attached hydrogens (tertiary/aromatic N) is 2. The zero-order chi connectivity index (χ0) is 26.3. The Hall–Kier alpha value is -1.72. The van der Waals surface area contributed by atoms with Gasteiger partial charge in [0, 0.05) is 23.2 Å². The van der Waals surface area contributed by atoms with Crippen molar-refractivity contribution in [3.05, 3.63) is 0 Å². The van der Waals surface area contributed by atoms with Crippen molar-refractivity contribution >= 4 is 11.6 Å². The molecule has 0 bridgehead atoms. The molecule has 0 radical (unpaired) electrons. The molecule has 194 valence electrons.